The van der Waals surface area contributed by atoms with Gasteiger partial charge in [0.05, 0.1) is 17.4 Å². The van der Waals surface area contributed by atoms with Crippen molar-refractivity contribution in [1.29, 1.82) is 0 Å². The van der Waals surface area contributed by atoms with Gasteiger partial charge in [-0.1, -0.05) is 0 Å². The predicted octanol–water partition coefficient (Wildman–Crippen LogP) is 1.49. The molecule has 0 aliphatic rings. The Bertz CT molecular complexity index is 550. The van der Waals surface area contributed by atoms with Gasteiger partial charge in [-0.3, -0.25) is 10.6 Å². The van der Waals surface area contributed by atoms with Crippen LogP contribution in [0.2, 0.25) is 0 Å². The minimum atomic E-state index is -0.530. The van der Waals surface area contributed by atoms with E-state index in [9.17, 15) is 4.79 Å². The Labute approximate surface area is 115 Å². The Kier molecular flexibility index (Phi) is 3.77. The van der Waals surface area contributed by atoms with Crippen molar-refractivity contribution in [2.45, 2.75) is 19.4 Å². The van der Waals surface area contributed by atoms with Crippen LogP contribution in [0.3, 0.4) is 0 Å². The third-order valence-electron chi connectivity index (χ3n) is 2.56. The van der Waals surface area contributed by atoms with Gasteiger partial charge < -0.3 is 10.7 Å². The highest BCUT2D eigenvalue weighted by molar-refractivity contribution is 7.09. The number of anilines is 1. The molecule has 0 atom stereocenters. The van der Waals surface area contributed by atoms with Crippen molar-refractivity contribution in [3.63, 3.8) is 0 Å². The zero-order chi connectivity index (χ0) is 13.9. The maximum atomic E-state index is 12.1. The molecule has 4 N–H and O–H groups in total. The average molecular weight is 277 g/mol. The van der Waals surface area contributed by atoms with E-state index in [1.54, 1.807) is 18.3 Å². The smallest absolute Gasteiger partial charge is 0.270 e. The van der Waals surface area contributed by atoms with Crippen LogP contribution in [0, 0.1) is 0 Å². The summed E-state index contributed by atoms with van der Waals surface area (Å²) in [5.74, 6) is 5.00. The summed E-state index contributed by atoms with van der Waals surface area (Å²) in [6.45, 7) is 3.80. The number of nitrogen functional groups attached to an aromatic ring is 1. The van der Waals surface area contributed by atoms with Gasteiger partial charge in [0.25, 0.3) is 5.91 Å². The first-order valence-corrected chi connectivity index (χ1v) is 6.56. The van der Waals surface area contributed by atoms with Gasteiger partial charge in [0.2, 0.25) is 0 Å². The third-order valence-corrected chi connectivity index (χ3v) is 3.65. The van der Waals surface area contributed by atoms with Gasteiger partial charge in [0.15, 0.2) is 0 Å². The normalized spacial score (nSPS) is 11.1. The Hall–Kier alpha value is -1.99. The first-order chi connectivity index (χ1) is 9.03. The Morgan fingerprint density at radius 3 is 2.68 bits per heavy atom. The molecule has 0 saturated heterocycles. The highest BCUT2D eigenvalue weighted by Gasteiger charge is 2.26. The first kappa shape index (κ1) is 13.4. The van der Waals surface area contributed by atoms with E-state index in [0.717, 1.165) is 5.01 Å². The van der Waals surface area contributed by atoms with Crippen molar-refractivity contribution in [3.05, 3.63) is 40.6 Å². The lowest BCUT2D eigenvalue weighted by atomic mass is 10.1. The SMILES string of the molecule is CC(C)(NC(=O)c1ccc(NN)cn1)c1nccs1. The Balaban J connectivity index is 2.12. The topological polar surface area (TPSA) is 92.9 Å². The Morgan fingerprint density at radius 1 is 1.37 bits per heavy atom. The van der Waals surface area contributed by atoms with E-state index in [-0.39, 0.29) is 5.91 Å². The van der Waals surface area contributed by atoms with Gasteiger partial charge in [0.1, 0.15) is 10.7 Å². The van der Waals surface area contributed by atoms with Crippen molar-refractivity contribution in [2.24, 2.45) is 5.84 Å². The van der Waals surface area contributed by atoms with Gasteiger partial charge in [-0.25, -0.2) is 9.97 Å². The molecule has 0 aromatic carbocycles. The van der Waals surface area contributed by atoms with Crippen molar-refractivity contribution < 1.29 is 4.79 Å². The molecule has 0 radical (unpaired) electrons. The fraction of sp³-hybridized carbons (Fsp3) is 0.250. The number of carbonyl (C=O) groups excluding carboxylic acids is 1. The number of pyridine rings is 1. The van der Waals surface area contributed by atoms with Crippen LogP contribution in [0.15, 0.2) is 29.9 Å². The molecule has 2 rings (SSSR count). The summed E-state index contributed by atoms with van der Waals surface area (Å²) in [6, 6.07) is 3.31. The molecule has 0 fully saturated rings. The van der Waals surface area contributed by atoms with E-state index in [0.29, 0.717) is 11.4 Å². The Morgan fingerprint density at radius 2 is 2.16 bits per heavy atom. The molecule has 6 nitrogen and oxygen atoms in total. The van der Waals surface area contributed by atoms with E-state index >= 15 is 0 Å². The number of thiazole rings is 1. The number of aromatic nitrogens is 2. The molecule has 2 heterocycles. The second-order valence-electron chi connectivity index (χ2n) is 4.49. The molecule has 0 aliphatic carbocycles. The summed E-state index contributed by atoms with van der Waals surface area (Å²) < 4.78 is 0. The molecule has 0 saturated carbocycles. The summed E-state index contributed by atoms with van der Waals surface area (Å²) in [7, 11) is 0. The number of carbonyl (C=O) groups is 1. The average Bonchev–Trinajstić information content (AvgIpc) is 2.93. The highest BCUT2D eigenvalue weighted by atomic mass is 32.1. The van der Waals surface area contributed by atoms with Crippen molar-refractivity contribution in [1.82, 2.24) is 15.3 Å². The van der Waals surface area contributed by atoms with E-state index in [1.165, 1.54) is 17.5 Å². The monoisotopic (exact) mass is 277 g/mol. The van der Waals surface area contributed by atoms with Gasteiger partial charge >= 0.3 is 0 Å². The molecule has 2 aromatic rings. The minimum absolute atomic E-state index is 0.247. The van der Waals surface area contributed by atoms with Crippen LogP contribution in [-0.4, -0.2) is 15.9 Å². The molecule has 0 aliphatic heterocycles. The predicted molar refractivity (Wildman–Crippen MR) is 74.7 cm³/mol. The molecule has 0 bridgehead atoms. The molecule has 19 heavy (non-hydrogen) atoms. The number of nitrogens with zero attached hydrogens (tertiary/aromatic N) is 2. The zero-order valence-electron chi connectivity index (χ0n) is 10.7. The van der Waals surface area contributed by atoms with Crippen LogP contribution in [-0.2, 0) is 5.54 Å². The van der Waals surface area contributed by atoms with Gasteiger partial charge in [-0.2, -0.15) is 0 Å². The molecule has 100 valence electrons. The number of hydrogen-bond acceptors (Lipinski definition) is 6. The van der Waals surface area contributed by atoms with E-state index in [4.69, 9.17) is 5.84 Å². The highest BCUT2D eigenvalue weighted by Crippen LogP contribution is 2.22. The number of rotatable bonds is 4. The number of nitrogens with one attached hydrogen (secondary N) is 2. The molecule has 1 amide bonds. The molecular weight excluding hydrogens is 262 g/mol. The van der Waals surface area contributed by atoms with Crippen molar-refractivity contribution >= 4 is 22.9 Å². The van der Waals surface area contributed by atoms with Crippen molar-refractivity contribution in [3.8, 4) is 0 Å². The molecule has 0 unspecified atom stereocenters. The lowest BCUT2D eigenvalue weighted by molar-refractivity contribution is 0.0907. The second kappa shape index (κ2) is 5.33. The second-order valence-corrected chi connectivity index (χ2v) is 5.39. The maximum Gasteiger partial charge on any atom is 0.270 e. The fourth-order valence-electron chi connectivity index (χ4n) is 1.55. The van der Waals surface area contributed by atoms with Crippen LogP contribution in [0.1, 0.15) is 29.3 Å². The van der Waals surface area contributed by atoms with Crippen LogP contribution >= 0.6 is 11.3 Å². The standard InChI is InChI=1S/C12H15N5OS/c1-12(2,11-14-5-6-19-11)16-10(18)9-4-3-8(17-13)7-15-9/h3-7,17H,13H2,1-2H3,(H,16,18). The molecule has 7 heteroatoms. The number of nitrogens with two attached hydrogens (primary N) is 1. The first-order valence-electron chi connectivity index (χ1n) is 5.68. The fourth-order valence-corrected chi connectivity index (χ4v) is 2.27. The van der Waals surface area contributed by atoms with Gasteiger partial charge in [0, 0.05) is 11.6 Å². The van der Waals surface area contributed by atoms with Crippen LogP contribution in [0.5, 0.6) is 0 Å². The third kappa shape index (κ3) is 3.07. The van der Waals surface area contributed by atoms with Crippen molar-refractivity contribution in [2.75, 3.05) is 5.43 Å². The molecular formula is C12H15N5OS. The van der Waals surface area contributed by atoms with Gasteiger partial charge in [-0.15, -0.1) is 11.3 Å². The zero-order valence-corrected chi connectivity index (χ0v) is 11.5. The summed E-state index contributed by atoms with van der Waals surface area (Å²) >= 11 is 1.50. The maximum absolute atomic E-state index is 12.1. The quantitative estimate of drug-likeness (QED) is 0.581. The summed E-state index contributed by atoms with van der Waals surface area (Å²) in [6.07, 6.45) is 3.22. The minimum Gasteiger partial charge on any atom is -0.339 e. The lowest BCUT2D eigenvalue weighted by Gasteiger charge is -2.23. The van der Waals surface area contributed by atoms with Gasteiger partial charge in [-0.05, 0) is 26.0 Å². The largest absolute Gasteiger partial charge is 0.339 e. The summed E-state index contributed by atoms with van der Waals surface area (Å²) in [5, 5.41) is 5.63. The van der Waals surface area contributed by atoms with E-state index < -0.39 is 5.54 Å². The lowest BCUT2D eigenvalue weighted by Crippen LogP contribution is -2.41. The molecule has 2 aromatic heterocycles. The summed E-state index contributed by atoms with van der Waals surface area (Å²) in [4.78, 5) is 20.4. The van der Waals surface area contributed by atoms with Crippen LogP contribution < -0.4 is 16.6 Å². The van der Waals surface area contributed by atoms with Crippen LogP contribution in [0.4, 0.5) is 5.69 Å². The van der Waals surface area contributed by atoms with E-state index in [1.807, 2.05) is 19.2 Å². The van der Waals surface area contributed by atoms with Crippen LogP contribution in [0.25, 0.3) is 0 Å². The molecule has 0 spiro atoms. The number of hydrazine groups is 1. The van der Waals surface area contributed by atoms with E-state index in [2.05, 4.69) is 20.7 Å². The summed E-state index contributed by atoms with van der Waals surface area (Å²) in [5.41, 5.74) is 2.92. The number of hydrogen-bond donors (Lipinski definition) is 3. The number of amides is 1.